The number of unbranched alkanes of at least 4 members (excludes halogenated alkanes) is 3. The van der Waals surface area contributed by atoms with Crippen LogP contribution in [0.1, 0.15) is 39.0 Å². The van der Waals surface area contributed by atoms with Crippen molar-refractivity contribution in [3.8, 4) is 0 Å². The smallest absolute Gasteiger partial charge is 0.327 e. The molecular weight excluding hydrogens is 372 g/mol. The maximum absolute atomic E-state index is 9.25. The maximum atomic E-state index is 9.25. The fraction of sp³-hybridized carbons (Fsp3) is 0.526. The molecule has 0 saturated heterocycles. The van der Waals surface area contributed by atoms with Crippen molar-refractivity contribution in [2.45, 2.75) is 39.0 Å². The number of aliphatic hydroxyl groups excluding tert-OH is 3. The first-order valence-electron chi connectivity index (χ1n) is 8.44. The van der Waals surface area contributed by atoms with Gasteiger partial charge in [0.05, 0.1) is 19.8 Å². The Balaban J connectivity index is -0.000000159. The minimum absolute atomic E-state index is 0.133. The lowest BCUT2D eigenvalue weighted by molar-refractivity contribution is -0.132. The lowest BCUT2D eigenvalue weighted by atomic mass is 9.85. The summed E-state index contributed by atoms with van der Waals surface area (Å²) in [4.78, 5) is 27.8. The van der Waals surface area contributed by atoms with Gasteiger partial charge in [0, 0.05) is 23.6 Å². The predicted molar refractivity (Wildman–Crippen MR) is 106 cm³/mol. The highest BCUT2D eigenvalue weighted by Gasteiger charge is 2.26. The number of rotatable bonds is 11. The van der Waals surface area contributed by atoms with Crippen molar-refractivity contribution in [1.82, 2.24) is 0 Å². The van der Waals surface area contributed by atoms with E-state index in [1.165, 1.54) is 12.8 Å². The van der Waals surface area contributed by atoms with Gasteiger partial charge in [0.2, 0.25) is 0 Å². The molecule has 9 heteroatoms. The van der Waals surface area contributed by atoms with E-state index in [1.54, 1.807) is 0 Å². The monoisotopic (exact) mass is 406 g/mol. The van der Waals surface area contributed by atoms with E-state index in [-0.39, 0.29) is 19.8 Å². The number of carbonyl (C=O) groups is 3. The van der Waals surface area contributed by atoms with E-state index in [0.717, 1.165) is 31.1 Å². The molecule has 0 aliphatic rings. The van der Waals surface area contributed by atoms with Crippen molar-refractivity contribution < 1.29 is 45.0 Å². The molecular formula is C19H34O9. The van der Waals surface area contributed by atoms with Gasteiger partial charge in [0.25, 0.3) is 0 Å². The number of carboxylic acids is 3. The molecule has 9 nitrogen and oxygen atoms in total. The normalized spacial score (nSPS) is 9.00. The van der Waals surface area contributed by atoms with Gasteiger partial charge in [0.1, 0.15) is 0 Å². The number of hydrogen-bond acceptors (Lipinski definition) is 6. The highest BCUT2D eigenvalue weighted by atomic mass is 16.4. The summed E-state index contributed by atoms with van der Waals surface area (Å²) >= 11 is 0. The standard InChI is InChI=1S/C10H22O3.3C3H4O2/c1-2-3-4-5-6-10(7-11,8-12)9-13;3*1-2-3(4)5/h11-13H,2-9H2,1H3;3*2H,1H2,(H,4,5). The van der Waals surface area contributed by atoms with Crippen LogP contribution in [0.5, 0.6) is 0 Å². The highest BCUT2D eigenvalue weighted by Crippen LogP contribution is 2.23. The Bertz CT molecular complexity index is 390. The van der Waals surface area contributed by atoms with Crippen molar-refractivity contribution in [1.29, 1.82) is 0 Å². The second-order valence-corrected chi connectivity index (χ2v) is 5.41. The number of hydrogen-bond donors (Lipinski definition) is 6. The van der Waals surface area contributed by atoms with Crippen molar-refractivity contribution in [2.75, 3.05) is 19.8 Å². The van der Waals surface area contributed by atoms with Gasteiger partial charge in [-0.25, -0.2) is 14.4 Å². The van der Waals surface area contributed by atoms with Gasteiger partial charge in [-0.1, -0.05) is 52.3 Å². The molecule has 0 atom stereocenters. The van der Waals surface area contributed by atoms with Crippen LogP contribution in [-0.4, -0.2) is 68.4 Å². The Labute approximate surface area is 166 Å². The average molecular weight is 406 g/mol. The lowest BCUT2D eigenvalue weighted by Gasteiger charge is -2.27. The summed E-state index contributed by atoms with van der Waals surface area (Å²) in [6, 6.07) is 0. The molecule has 0 spiro atoms. The van der Waals surface area contributed by atoms with Crippen LogP contribution < -0.4 is 0 Å². The number of carboxylic acid groups (broad SMARTS) is 3. The summed E-state index contributed by atoms with van der Waals surface area (Å²) < 4.78 is 0. The highest BCUT2D eigenvalue weighted by molar-refractivity contribution is 5.79. The summed E-state index contributed by atoms with van der Waals surface area (Å²) in [5.41, 5.74) is -0.659. The van der Waals surface area contributed by atoms with E-state index < -0.39 is 23.3 Å². The first-order valence-corrected chi connectivity index (χ1v) is 8.44. The van der Waals surface area contributed by atoms with Crippen molar-refractivity contribution in [3.63, 3.8) is 0 Å². The molecule has 28 heavy (non-hydrogen) atoms. The third kappa shape index (κ3) is 31.3. The van der Waals surface area contributed by atoms with E-state index in [9.17, 15) is 14.4 Å². The molecule has 0 unspecified atom stereocenters. The topological polar surface area (TPSA) is 173 Å². The molecule has 0 aromatic heterocycles. The quantitative estimate of drug-likeness (QED) is 0.220. The maximum Gasteiger partial charge on any atom is 0.327 e. The van der Waals surface area contributed by atoms with Gasteiger partial charge in [-0.2, -0.15) is 0 Å². The summed E-state index contributed by atoms with van der Waals surface area (Å²) in [6.07, 6.45) is 7.63. The minimum atomic E-state index is -0.981. The van der Waals surface area contributed by atoms with E-state index >= 15 is 0 Å². The van der Waals surface area contributed by atoms with E-state index in [2.05, 4.69) is 26.7 Å². The van der Waals surface area contributed by atoms with Gasteiger partial charge < -0.3 is 30.6 Å². The van der Waals surface area contributed by atoms with Gasteiger partial charge in [-0.15, -0.1) is 0 Å². The molecule has 0 aromatic carbocycles. The van der Waals surface area contributed by atoms with Crippen LogP contribution in [0.25, 0.3) is 0 Å². The third-order valence-corrected chi connectivity index (χ3v) is 3.09. The van der Waals surface area contributed by atoms with Crippen LogP contribution in [0.3, 0.4) is 0 Å². The van der Waals surface area contributed by atoms with Gasteiger partial charge in [-0.3, -0.25) is 0 Å². The Morgan fingerprint density at radius 3 is 1.18 bits per heavy atom. The Morgan fingerprint density at radius 1 is 0.714 bits per heavy atom. The summed E-state index contributed by atoms with van der Waals surface area (Å²) in [5.74, 6) is -2.94. The van der Waals surface area contributed by atoms with Crippen LogP contribution in [0.4, 0.5) is 0 Å². The minimum Gasteiger partial charge on any atom is -0.478 e. The Kier molecular flexibility index (Phi) is 29.0. The predicted octanol–water partition coefficient (Wildman–Crippen LogP) is 1.69. The molecule has 6 N–H and O–H groups in total. The third-order valence-electron chi connectivity index (χ3n) is 3.09. The van der Waals surface area contributed by atoms with E-state index in [1.807, 2.05) is 0 Å². The fourth-order valence-corrected chi connectivity index (χ4v) is 1.31. The van der Waals surface area contributed by atoms with Gasteiger partial charge >= 0.3 is 17.9 Å². The zero-order chi connectivity index (χ0) is 23.0. The Hall–Kier alpha value is -2.49. The fourth-order valence-electron chi connectivity index (χ4n) is 1.31. The summed E-state index contributed by atoms with van der Waals surface area (Å²) in [5, 5.41) is 49.9. The lowest BCUT2D eigenvalue weighted by Crippen LogP contribution is -2.33. The summed E-state index contributed by atoms with van der Waals surface area (Å²) in [7, 11) is 0. The molecule has 164 valence electrons. The van der Waals surface area contributed by atoms with Crippen molar-refractivity contribution in [3.05, 3.63) is 38.0 Å². The molecule has 0 amide bonds. The Morgan fingerprint density at radius 2 is 1.00 bits per heavy atom. The van der Waals surface area contributed by atoms with Crippen LogP contribution in [0, 0.1) is 5.41 Å². The first-order chi connectivity index (χ1) is 13.1. The van der Waals surface area contributed by atoms with E-state index in [0.29, 0.717) is 6.42 Å². The van der Waals surface area contributed by atoms with E-state index in [4.69, 9.17) is 30.6 Å². The second kappa shape index (κ2) is 24.5. The van der Waals surface area contributed by atoms with Gasteiger partial charge in [-0.05, 0) is 6.42 Å². The van der Waals surface area contributed by atoms with Crippen LogP contribution in [0.2, 0.25) is 0 Å². The van der Waals surface area contributed by atoms with Crippen molar-refractivity contribution in [2.24, 2.45) is 5.41 Å². The number of aliphatic hydroxyl groups is 3. The molecule has 0 aliphatic carbocycles. The molecule has 0 saturated carbocycles. The van der Waals surface area contributed by atoms with Crippen LogP contribution >= 0.6 is 0 Å². The SMILES string of the molecule is C=CC(=O)O.C=CC(=O)O.C=CC(=O)O.CCCCCCC(CO)(CO)CO. The zero-order valence-electron chi connectivity index (χ0n) is 16.4. The molecule has 0 aromatic rings. The van der Waals surface area contributed by atoms with Crippen LogP contribution in [0.15, 0.2) is 38.0 Å². The molecule has 0 heterocycles. The molecule has 0 rings (SSSR count). The van der Waals surface area contributed by atoms with Crippen LogP contribution in [-0.2, 0) is 14.4 Å². The zero-order valence-corrected chi connectivity index (χ0v) is 16.4. The molecule has 0 aliphatic heterocycles. The molecule has 0 radical (unpaired) electrons. The van der Waals surface area contributed by atoms with Gasteiger partial charge in [0.15, 0.2) is 0 Å². The largest absolute Gasteiger partial charge is 0.478 e. The molecule has 0 bridgehead atoms. The molecule has 0 fully saturated rings. The number of aliphatic carboxylic acids is 3. The average Bonchev–Trinajstić information content (AvgIpc) is 2.70. The second-order valence-electron chi connectivity index (χ2n) is 5.41. The van der Waals surface area contributed by atoms with Crippen molar-refractivity contribution >= 4 is 17.9 Å². The first kappa shape index (κ1) is 33.1. The summed E-state index contributed by atoms with van der Waals surface area (Å²) in [6.45, 7) is 10.6.